The second kappa shape index (κ2) is 7.58. The molecule has 1 fully saturated rings. The molecule has 0 aliphatic carbocycles. The van der Waals surface area contributed by atoms with E-state index < -0.39 is 15.9 Å². The number of carbonyl (C=O) groups excluding carboxylic acids is 1. The van der Waals surface area contributed by atoms with Crippen LogP contribution in [0.3, 0.4) is 0 Å². The summed E-state index contributed by atoms with van der Waals surface area (Å²) in [5.74, 6) is -0.676. The van der Waals surface area contributed by atoms with Crippen molar-refractivity contribution in [3.8, 4) is 6.07 Å². The van der Waals surface area contributed by atoms with E-state index in [-0.39, 0.29) is 17.3 Å². The highest BCUT2D eigenvalue weighted by Crippen LogP contribution is 2.27. The average Bonchev–Trinajstić information content (AvgIpc) is 3.09. The lowest BCUT2D eigenvalue weighted by molar-refractivity contribution is -0.120. The molecule has 3 rings (SSSR count). The minimum absolute atomic E-state index is 0.148. The first-order valence-electron chi connectivity index (χ1n) is 8.27. The molecule has 8 heteroatoms. The number of nitriles is 1. The Morgan fingerprint density at radius 3 is 2.73 bits per heavy atom. The molecule has 6 nitrogen and oxygen atoms in total. The number of hydrogen-bond acceptors (Lipinski definition) is 5. The van der Waals surface area contributed by atoms with Gasteiger partial charge in [-0.25, -0.2) is 8.42 Å². The van der Waals surface area contributed by atoms with E-state index in [0.29, 0.717) is 30.0 Å². The number of thiophene rings is 1. The molecule has 0 radical (unpaired) electrons. The standard InChI is InChI=1S/C18H19N3O3S2/c1-13-4-6-16(7-5-13)26(23,24)21-9-2-3-15(12-21)17(22)20-18-14(11-19)8-10-25-18/h4-8,10,15H,2-3,9,12H2,1H3,(H,20,22). The summed E-state index contributed by atoms with van der Waals surface area (Å²) in [6.45, 7) is 2.45. The fraction of sp³-hybridized carbons (Fsp3) is 0.333. The summed E-state index contributed by atoms with van der Waals surface area (Å²) in [5.41, 5.74) is 1.41. The second-order valence-electron chi connectivity index (χ2n) is 6.28. The maximum Gasteiger partial charge on any atom is 0.243 e. The van der Waals surface area contributed by atoms with Gasteiger partial charge < -0.3 is 5.32 Å². The molecule has 1 amide bonds. The molecule has 1 aliphatic heterocycles. The minimum Gasteiger partial charge on any atom is -0.316 e. The quantitative estimate of drug-likeness (QED) is 0.870. The van der Waals surface area contributed by atoms with Crippen molar-refractivity contribution in [2.45, 2.75) is 24.7 Å². The lowest BCUT2D eigenvalue weighted by atomic mass is 9.99. The van der Waals surface area contributed by atoms with Crippen molar-refractivity contribution in [2.24, 2.45) is 5.92 Å². The van der Waals surface area contributed by atoms with Gasteiger partial charge in [0.2, 0.25) is 15.9 Å². The molecule has 1 aromatic carbocycles. The Labute approximate surface area is 157 Å². The molecule has 1 aromatic heterocycles. The van der Waals surface area contributed by atoms with E-state index in [2.05, 4.69) is 5.32 Å². The third-order valence-electron chi connectivity index (χ3n) is 4.44. The van der Waals surface area contributed by atoms with E-state index in [4.69, 9.17) is 5.26 Å². The number of nitrogens with one attached hydrogen (secondary N) is 1. The number of sulfonamides is 1. The van der Waals surface area contributed by atoms with E-state index in [0.717, 1.165) is 5.56 Å². The van der Waals surface area contributed by atoms with Crippen molar-refractivity contribution >= 4 is 32.3 Å². The Kier molecular flexibility index (Phi) is 5.41. The van der Waals surface area contributed by atoms with Gasteiger partial charge in [0.15, 0.2) is 0 Å². The van der Waals surface area contributed by atoms with Gasteiger partial charge in [-0.1, -0.05) is 17.7 Å². The zero-order chi connectivity index (χ0) is 18.7. The van der Waals surface area contributed by atoms with Crippen LogP contribution in [0.2, 0.25) is 0 Å². The third-order valence-corrected chi connectivity index (χ3v) is 7.15. The Balaban J connectivity index is 1.73. The van der Waals surface area contributed by atoms with Crippen LogP contribution in [0.5, 0.6) is 0 Å². The first kappa shape index (κ1) is 18.6. The number of amides is 1. The third kappa shape index (κ3) is 3.80. The number of aryl methyl sites for hydroxylation is 1. The van der Waals surface area contributed by atoms with E-state index >= 15 is 0 Å². The van der Waals surface area contributed by atoms with E-state index in [1.54, 1.807) is 35.7 Å². The first-order valence-corrected chi connectivity index (χ1v) is 10.6. The highest BCUT2D eigenvalue weighted by Gasteiger charge is 2.33. The van der Waals surface area contributed by atoms with Gasteiger partial charge in [-0.3, -0.25) is 4.79 Å². The number of nitrogens with zero attached hydrogens (tertiary/aromatic N) is 2. The van der Waals surface area contributed by atoms with Crippen LogP contribution >= 0.6 is 11.3 Å². The van der Waals surface area contributed by atoms with E-state index in [9.17, 15) is 13.2 Å². The molecule has 1 atom stereocenters. The normalized spacial score (nSPS) is 18.2. The molecule has 26 heavy (non-hydrogen) atoms. The summed E-state index contributed by atoms with van der Waals surface area (Å²) in [6, 6.07) is 10.4. The van der Waals surface area contributed by atoms with Gasteiger partial charge in [0.05, 0.1) is 16.4 Å². The Morgan fingerprint density at radius 1 is 1.31 bits per heavy atom. The SMILES string of the molecule is Cc1ccc(S(=O)(=O)N2CCCC(C(=O)Nc3sccc3C#N)C2)cc1. The molecule has 0 saturated carbocycles. The lowest BCUT2D eigenvalue weighted by Crippen LogP contribution is -2.43. The highest BCUT2D eigenvalue weighted by atomic mass is 32.2. The molecular weight excluding hydrogens is 370 g/mol. The summed E-state index contributed by atoms with van der Waals surface area (Å²) in [6.07, 6.45) is 1.25. The van der Waals surface area contributed by atoms with Crippen molar-refractivity contribution in [1.82, 2.24) is 4.31 Å². The van der Waals surface area contributed by atoms with Crippen molar-refractivity contribution in [3.05, 3.63) is 46.8 Å². The van der Waals surface area contributed by atoms with Crippen LogP contribution < -0.4 is 5.32 Å². The Hall–Kier alpha value is -2.21. The van der Waals surface area contributed by atoms with Gasteiger partial charge >= 0.3 is 0 Å². The van der Waals surface area contributed by atoms with Crippen molar-refractivity contribution in [2.75, 3.05) is 18.4 Å². The van der Waals surface area contributed by atoms with Crippen molar-refractivity contribution in [3.63, 3.8) is 0 Å². The van der Waals surface area contributed by atoms with Gasteiger partial charge in [0, 0.05) is 13.1 Å². The smallest absolute Gasteiger partial charge is 0.243 e. The summed E-state index contributed by atoms with van der Waals surface area (Å²) in [5, 5.41) is 14.1. The molecule has 0 bridgehead atoms. The topological polar surface area (TPSA) is 90.3 Å². The number of hydrogen-bond donors (Lipinski definition) is 1. The maximum absolute atomic E-state index is 12.8. The zero-order valence-corrected chi connectivity index (χ0v) is 15.9. The fourth-order valence-corrected chi connectivity index (χ4v) is 5.21. The van der Waals surface area contributed by atoms with E-state index in [1.807, 2.05) is 13.0 Å². The Morgan fingerprint density at radius 2 is 2.04 bits per heavy atom. The molecule has 136 valence electrons. The van der Waals surface area contributed by atoms with Crippen LogP contribution in [0.15, 0.2) is 40.6 Å². The predicted octanol–water partition coefficient (Wildman–Crippen LogP) is 2.97. The van der Waals surface area contributed by atoms with Crippen LogP contribution in [0.1, 0.15) is 24.0 Å². The van der Waals surface area contributed by atoms with Crippen molar-refractivity contribution in [1.29, 1.82) is 5.26 Å². The van der Waals surface area contributed by atoms with Gasteiger partial charge in [-0.2, -0.15) is 9.57 Å². The molecule has 1 saturated heterocycles. The van der Waals surface area contributed by atoms with Crippen LogP contribution in [-0.4, -0.2) is 31.7 Å². The summed E-state index contributed by atoms with van der Waals surface area (Å²) < 4.78 is 27.1. The van der Waals surface area contributed by atoms with Crippen LogP contribution in [0.4, 0.5) is 5.00 Å². The van der Waals surface area contributed by atoms with Crippen LogP contribution in [0.25, 0.3) is 0 Å². The van der Waals surface area contributed by atoms with Crippen LogP contribution in [0, 0.1) is 24.2 Å². The molecule has 2 heterocycles. The number of rotatable bonds is 4. The van der Waals surface area contributed by atoms with Gasteiger partial charge in [0.25, 0.3) is 0 Å². The molecule has 1 unspecified atom stereocenters. The fourth-order valence-electron chi connectivity index (χ4n) is 2.94. The van der Waals surface area contributed by atoms with Crippen LogP contribution in [-0.2, 0) is 14.8 Å². The molecular formula is C18H19N3O3S2. The minimum atomic E-state index is -3.62. The van der Waals surface area contributed by atoms with E-state index in [1.165, 1.54) is 15.6 Å². The number of carbonyl (C=O) groups is 1. The monoisotopic (exact) mass is 389 g/mol. The van der Waals surface area contributed by atoms with Gasteiger partial charge in [0.1, 0.15) is 11.1 Å². The summed E-state index contributed by atoms with van der Waals surface area (Å²) in [4.78, 5) is 12.8. The van der Waals surface area contributed by atoms with Gasteiger partial charge in [-0.15, -0.1) is 11.3 Å². The lowest BCUT2D eigenvalue weighted by Gasteiger charge is -2.31. The first-order chi connectivity index (χ1) is 12.4. The second-order valence-corrected chi connectivity index (χ2v) is 9.13. The molecule has 0 spiro atoms. The summed E-state index contributed by atoms with van der Waals surface area (Å²) in [7, 11) is -3.62. The maximum atomic E-state index is 12.8. The highest BCUT2D eigenvalue weighted by molar-refractivity contribution is 7.89. The summed E-state index contributed by atoms with van der Waals surface area (Å²) >= 11 is 1.28. The molecule has 2 aromatic rings. The largest absolute Gasteiger partial charge is 0.316 e. The van der Waals surface area contributed by atoms with Gasteiger partial charge in [-0.05, 0) is 43.3 Å². The predicted molar refractivity (Wildman–Crippen MR) is 100 cm³/mol. The van der Waals surface area contributed by atoms with Crippen molar-refractivity contribution < 1.29 is 13.2 Å². The average molecular weight is 390 g/mol. The number of anilines is 1. The zero-order valence-electron chi connectivity index (χ0n) is 14.3. The molecule has 1 aliphatic rings. The molecule has 1 N–H and O–H groups in total. The number of benzene rings is 1. The Bertz CT molecular complexity index is 943. The number of piperidine rings is 1.